The van der Waals surface area contributed by atoms with Gasteiger partial charge in [-0.1, -0.05) is 67.1 Å². The molecule has 0 saturated carbocycles. The highest BCUT2D eigenvalue weighted by molar-refractivity contribution is 6.31. The van der Waals surface area contributed by atoms with Crippen LogP contribution in [0, 0.1) is 5.92 Å². The molecule has 0 spiro atoms. The van der Waals surface area contributed by atoms with Crippen LogP contribution in [0.5, 0.6) is 0 Å². The van der Waals surface area contributed by atoms with Crippen LogP contribution in [0.1, 0.15) is 30.1 Å². The third-order valence-electron chi connectivity index (χ3n) is 4.49. The summed E-state index contributed by atoms with van der Waals surface area (Å²) in [4.78, 5) is 14.6. The molecule has 2 rings (SSSR count). The molecule has 150 valence electrons. The van der Waals surface area contributed by atoms with Crippen molar-refractivity contribution in [3.8, 4) is 0 Å². The average molecular weight is 433 g/mol. The monoisotopic (exact) mass is 431 g/mol. The molecule has 2 aromatic rings. The van der Waals surface area contributed by atoms with Crippen LogP contribution in [0.2, 0.25) is 5.02 Å². The number of likely N-dealkylation sites (N-methyl/N-ethyl adjacent to an activating group) is 1. The highest BCUT2D eigenvalue weighted by Gasteiger charge is 2.24. The van der Waals surface area contributed by atoms with Gasteiger partial charge in [-0.05, 0) is 31.3 Å². The second-order valence-electron chi connectivity index (χ2n) is 6.47. The molecule has 0 aliphatic rings. The summed E-state index contributed by atoms with van der Waals surface area (Å²) in [6.45, 7) is 2.33. The third kappa shape index (κ3) is 6.98. The van der Waals surface area contributed by atoms with E-state index in [1.807, 2.05) is 80.5 Å². The molecule has 2 aromatic carbocycles. The van der Waals surface area contributed by atoms with Crippen LogP contribution < -0.4 is 11.1 Å². The largest absolute Gasteiger partial charge is 0.354 e. The summed E-state index contributed by atoms with van der Waals surface area (Å²) in [5.41, 5.74) is 8.20. The van der Waals surface area contributed by atoms with Crippen molar-refractivity contribution < 1.29 is 4.79 Å². The van der Waals surface area contributed by atoms with Crippen molar-refractivity contribution in [2.24, 2.45) is 11.7 Å². The van der Waals surface area contributed by atoms with Gasteiger partial charge in [0.05, 0.1) is 12.0 Å². The van der Waals surface area contributed by atoms with Crippen LogP contribution in [-0.2, 0) is 4.79 Å². The maximum atomic E-state index is 12.6. The Bertz CT molecular complexity index is 698. The molecule has 0 aliphatic heterocycles. The molecule has 3 unspecified atom stereocenters. The summed E-state index contributed by atoms with van der Waals surface area (Å²) in [6, 6.07) is 17.1. The Morgan fingerprint density at radius 2 is 1.63 bits per heavy atom. The number of benzene rings is 2. The Balaban J connectivity index is 0.00000338. The maximum Gasteiger partial charge on any atom is 0.224 e. The summed E-state index contributed by atoms with van der Waals surface area (Å²) in [7, 11) is 3.94. The highest BCUT2D eigenvalue weighted by Crippen LogP contribution is 2.26. The molecular weight excluding hydrogens is 405 g/mol. The average Bonchev–Trinajstić information content (AvgIpc) is 2.62. The van der Waals surface area contributed by atoms with E-state index in [0.29, 0.717) is 11.6 Å². The topological polar surface area (TPSA) is 58.4 Å². The normalized spacial score (nSPS) is 13.7. The smallest absolute Gasteiger partial charge is 0.224 e. The quantitative estimate of drug-likeness (QED) is 0.688. The van der Waals surface area contributed by atoms with Crippen LogP contribution in [0.3, 0.4) is 0 Å². The van der Waals surface area contributed by atoms with Crippen LogP contribution in [0.4, 0.5) is 0 Å². The van der Waals surface area contributed by atoms with E-state index >= 15 is 0 Å². The van der Waals surface area contributed by atoms with Gasteiger partial charge in [-0.3, -0.25) is 4.79 Å². The van der Waals surface area contributed by atoms with Crippen molar-refractivity contribution >= 4 is 42.3 Å². The number of halogens is 3. The van der Waals surface area contributed by atoms with E-state index in [-0.39, 0.29) is 48.7 Å². The Morgan fingerprint density at radius 1 is 1.07 bits per heavy atom. The number of hydrogen-bond acceptors (Lipinski definition) is 3. The van der Waals surface area contributed by atoms with Crippen molar-refractivity contribution in [2.45, 2.75) is 19.0 Å². The first-order valence-electron chi connectivity index (χ1n) is 8.41. The second-order valence-corrected chi connectivity index (χ2v) is 6.88. The fourth-order valence-corrected chi connectivity index (χ4v) is 3.06. The van der Waals surface area contributed by atoms with Crippen LogP contribution >= 0.6 is 36.4 Å². The lowest BCUT2D eigenvalue weighted by molar-refractivity contribution is -0.125. The third-order valence-corrected chi connectivity index (χ3v) is 4.84. The molecule has 0 radical (unpaired) electrons. The van der Waals surface area contributed by atoms with Gasteiger partial charge in [0, 0.05) is 17.6 Å². The standard InChI is InChI=1S/C20H26ClN3O.2ClH/c1-14(19(22)15-9-5-4-6-10-15)20(25)23-13-18(24(2)3)16-11-7-8-12-17(16)21;;/h4-12,14,18-19H,13,22H2,1-3H3,(H,23,25);2*1H. The Labute approximate surface area is 179 Å². The van der Waals surface area contributed by atoms with Gasteiger partial charge in [0.1, 0.15) is 0 Å². The van der Waals surface area contributed by atoms with E-state index in [4.69, 9.17) is 17.3 Å². The zero-order valence-electron chi connectivity index (χ0n) is 15.8. The zero-order valence-corrected chi connectivity index (χ0v) is 18.2. The van der Waals surface area contributed by atoms with Gasteiger partial charge in [0.25, 0.3) is 0 Å². The summed E-state index contributed by atoms with van der Waals surface area (Å²) in [5.74, 6) is -0.383. The molecule has 0 saturated heterocycles. The van der Waals surface area contributed by atoms with E-state index in [9.17, 15) is 4.79 Å². The van der Waals surface area contributed by atoms with Crippen molar-refractivity contribution in [2.75, 3.05) is 20.6 Å². The maximum absolute atomic E-state index is 12.6. The van der Waals surface area contributed by atoms with E-state index in [2.05, 4.69) is 5.32 Å². The summed E-state index contributed by atoms with van der Waals surface area (Å²) < 4.78 is 0. The van der Waals surface area contributed by atoms with Crippen LogP contribution in [0.15, 0.2) is 54.6 Å². The number of amides is 1. The number of hydrogen-bond donors (Lipinski definition) is 2. The molecule has 0 aliphatic carbocycles. The van der Waals surface area contributed by atoms with Gasteiger partial charge < -0.3 is 16.0 Å². The molecule has 0 fully saturated rings. The minimum Gasteiger partial charge on any atom is -0.354 e. The Hall–Kier alpha value is -1.30. The Kier molecular flexibility index (Phi) is 11.6. The van der Waals surface area contributed by atoms with Crippen LogP contribution in [-0.4, -0.2) is 31.4 Å². The fraction of sp³-hybridized carbons (Fsp3) is 0.350. The van der Waals surface area contributed by atoms with Gasteiger partial charge in [-0.2, -0.15) is 0 Å². The molecule has 1 amide bonds. The number of nitrogens with one attached hydrogen (secondary N) is 1. The van der Waals surface area contributed by atoms with Gasteiger partial charge >= 0.3 is 0 Å². The molecule has 4 nitrogen and oxygen atoms in total. The van der Waals surface area contributed by atoms with Crippen molar-refractivity contribution in [1.82, 2.24) is 10.2 Å². The van der Waals surface area contributed by atoms with Crippen molar-refractivity contribution in [1.29, 1.82) is 0 Å². The first kappa shape index (κ1) is 25.7. The van der Waals surface area contributed by atoms with Gasteiger partial charge in [0.15, 0.2) is 0 Å². The molecule has 0 heterocycles. The van der Waals surface area contributed by atoms with Gasteiger partial charge in [-0.15, -0.1) is 24.8 Å². The molecule has 3 N–H and O–H groups in total. The lowest BCUT2D eigenvalue weighted by Crippen LogP contribution is -2.40. The molecule has 7 heteroatoms. The second kappa shape index (κ2) is 12.2. The van der Waals surface area contributed by atoms with E-state index in [1.165, 1.54) is 0 Å². The summed E-state index contributed by atoms with van der Waals surface area (Å²) >= 11 is 6.31. The molecular formula is C20H28Cl3N3O. The zero-order chi connectivity index (χ0) is 18.4. The SMILES string of the molecule is CC(C(=O)NCC(c1ccccc1Cl)N(C)C)C(N)c1ccccc1.Cl.Cl. The minimum absolute atomic E-state index is 0. The number of rotatable bonds is 7. The molecule has 3 atom stereocenters. The first-order chi connectivity index (χ1) is 11.9. The summed E-state index contributed by atoms with van der Waals surface area (Å²) in [6.07, 6.45) is 0. The Morgan fingerprint density at radius 3 is 2.19 bits per heavy atom. The van der Waals surface area contributed by atoms with E-state index < -0.39 is 0 Å². The van der Waals surface area contributed by atoms with Gasteiger partial charge in [-0.25, -0.2) is 0 Å². The number of nitrogens with two attached hydrogens (primary N) is 1. The van der Waals surface area contributed by atoms with E-state index in [1.54, 1.807) is 0 Å². The number of carbonyl (C=O) groups excluding carboxylic acids is 1. The summed E-state index contributed by atoms with van der Waals surface area (Å²) in [5, 5.41) is 3.72. The lowest BCUT2D eigenvalue weighted by atomic mass is 9.94. The van der Waals surface area contributed by atoms with Crippen LogP contribution in [0.25, 0.3) is 0 Å². The van der Waals surface area contributed by atoms with Gasteiger partial charge in [0.2, 0.25) is 5.91 Å². The number of carbonyl (C=O) groups is 1. The minimum atomic E-state index is -0.334. The highest BCUT2D eigenvalue weighted by atomic mass is 35.5. The first-order valence-corrected chi connectivity index (χ1v) is 8.78. The molecule has 0 aromatic heterocycles. The van der Waals surface area contributed by atoms with Crippen molar-refractivity contribution in [3.05, 3.63) is 70.7 Å². The number of nitrogens with zero attached hydrogens (tertiary/aromatic N) is 1. The molecule has 27 heavy (non-hydrogen) atoms. The predicted octanol–water partition coefficient (Wildman–Crippen LogP) is 4.24. The van der Waals surface area contributed by atoms with E-state index in [0.717, 1.165) is 11.1 Å². The predicted molar refractivity (Wildman–Crippen MR) is 118 cm³/mol. The molecule has 0 bridgehead atoms. The lowest BCUT2D eigenvalue weighted by Gasteiger charge is -2.27. The van der Waals surface area contributed by atoms with Crippen molar-refractivity contribution in [3.63, 3.8) is 0 Å². The fourth-order valence-electron chi connectivity index (χ4n) is 2.80.